The lowest BCUT2D eigenvalue weighted by molar-refractivity contribution is -0.142. The van der Waals surface area contributed by atoms with Crippen LogP contribution in [0.3, 0.4) is 0 Å². The molecule has 0 radical (unpaired) electrons. The highest BCUT2D eigenvalue weighted by atomic mass is 16.6. The van der Waals surface area contributed by atoms with Crippen LogP contribution in [0.4, 0.5) is 4.79 Å². The normalized spacial score (nSPS) is 13.5. The summed E-state index contributed by atoms with van der Waals surface area (Å²) in [6.07, 6.45) is -1.38. The van der Waals surface area contributed by atoms with E-state index in [0.717, 1.165) is 4.90 Å². The largest absolute Gasteiger partial charge is 0.508 e. The van der Waals surface area contributed by atoms with Gasteiger partial charge in [-0.15, -0.1) is 0 Å². The van der Waals surface area contributed by atoms with Crippen molar-refractivity contribution in [2.45, 2.75) is 78.1 Å². The van der Waals surface area contributed by atoms with Crippen molar-refractivity contribution in [2.24, 2.45) is 5.73 Å². The van der Waals surface area contributed by atoms with Crippen LogP contribution in [-0.4, -0.2) is 58.1 Å². The van der Waals surface area contributed by atoms with Crippen molar-refractivity contribution in [2.75, 3.05) is 7.05 Å². The van der Waals surface area contributed by atoms with E-state index in [0.29, 0.717) is 11.1 Å². The second-order valence-electron chi connectivity index (χ2n) is 10.0. The minimum atomic E-state index is -1.34. The Morgan fingerprint density at radius 2 is 1.70 bits per heavy atom. The number of ether oxygens (including phenoxy) is 1. The summed E-state index contributed by atoms with van der Waals surface area (Å²) in [5.74, 6) is -1.95. The number of phenols is 1. The fourth-order valence-electron chi connectivity index (χ4n) is 3.06. The van der Waals surface area contributed by atoms with Gasteiger partial charge in [-0.25, -0.2) is 4.79 Å². The van der Waals surface area contributed by atoms with Crippen molar-refractivity contribution in [1.82, 2.24) is 15.5 Å². The molecule has 0 saturated heterocycles. The lowest BCUT2D eigenvalue weighted by Gasteiger charge is -2.33. The van der Waals surface area contributed by atoms with Crippen molar-refractivity contribution in [3.8, 4) is 5.75 Å². The quantitative estimate of drug-likeness (QED) is 0.484. The summed E-state index contributed by atoms with van der Waals surface area (Å²) in [7, 11) is 1.39. The third-order valence-corrected chi connectivity index (χ3v) is 4.41. The number of benzene rings is 1. The molecule has 0 aliphatic carbocycles. The molecule has 0 fully saturated rings. The summed E-state index contributed by atoms with van der Waals surface area (Å²) >= 11 is 0. The third kappa shape index (κ3) is 8.99. The van der Waals surface area contributed by atoms with Gasteiger partial charge < -0.3 is 31.1 Å². The standard InChI is InChI=1S/C23H36N4O6/c1-13-11-14(9-10-16(13)28)18(19(30)26-22(2,3)4)27(8)20(31)15(12-17(24)29)25-21(32)33-23(5,6)7/h9-11,15,18,28H,12H2,1-8H3,(H2,24,29)(H,25,32)(H,26,30). The van der Waals surface area contributed by atoms with Crippen molar-refractivity contribution in [1.29, 1.82) is 0 Å². The molecule has 1 aromatic carbocycles. The average molecular weight is 465 g/mol. The zero-order valence-corrected chi connectivity index (χ0v) is 20.6. The number of hydrogen-bond donors (Lipinski definition) is 4. The molecule has 0 aliphatic heterocycles. The van der Waals surface area contributed by atoms with E-state index in [2.05, 4.69) is 10.6 Å². The lowest BCUT2D eigenvalue weighted by atomic mass is 9.99. The summed E-state index contributed by atoms with van der Waals surface area (Å²) in [6.45, 7) is 12.0. The molecule has 0 heterocycles. The Hall–Kier alpha value is -3.30. The highest BCUT2D eigenvalue weighted by Gasteiger charge is 2.36. The summed E-state index contributed by atoms with van der Waals surface area (Å²) < 4.78 is 5.19. The monoisotopic (exact) mass is 464 g/mol. The first-order valence-corrected chi connectivity index (χ1v) is 10.6. The first-order chi connectivity index (χ1) is 14.9. The third-order valence-electron chi connectivity index (χ3n) is 4.41. The molecule has 0 spiro atoms. The Labute approximate surface area is 194 Å². The molecular weight excluding hydrogens is 428 g/mol. The predicted octanol–water partition coefficient (Wildman–Crippen LogP) is 1.88. The predicted molar refractivity (Wildman–Crippen MR) is 123 cm³/mol. The van der Waals surface area contributed by atoms with E-state index in [1.54, 1.807) is 54.5 Å². The molecule has 4 amide bonds. The number of hydrogen-bond acceptors (Lipinski definition) is 6. The van der Waals surface area contributed by atoms with Crippen LogP contribution in [0.25, 0.3) is 0 Å². The molecule has 10 heteroatoms. The molecule has 0 aromatic heterocycles. The molecular formula is C23H36N4O6. The Kier molecular flexibility index (Phi) is 8.86. The summed E-state index contributed by atoms with van der Waals surface area (Å²) in [5.41, 5.74) is 4.84. The van der Waals surface area contributed by atoms with Crippen LogP contribution in [0.1, 0.15) is 65.1 Å². The van der Waals surface area contributed by atoms with Gasteiger partial charge >= 0.3 is 6.09 Å². The number of likely N-dealkylation sites (N-methyl/N-ethyl adjacent to an activating group) is 1. The molecule has 184 valence electrons. The van der Waals surface area contributed by atoms with E-state index in [9.17, 15) is 24.3 Å². The number of carbonyl (C=O) groups is 4. The number of nitrogens with zero attached hydrogens (tertiary/aromatic N) is 1. The Morgan fingerprint density at radius 3 is 2.15 bits per heavy atom. The number of amides is 4. The molecule has 10 nitrogen and oxygen atoms in total. The molecule has 2 atom stereocenters. The van der Waals surface area contributed by atoms with Gasteiger partial charge in [-0.05, 0) is 71.7 Å². The Balaban J connectivity index is 3.34. The maximum atomic E-state index is 13.3. The SMILES string of the molecule is Cc1cc(C(C(=O)NC(C)(C)C)N(C)C(=O)C(CC(N)=O)NC(=O)OC(C)(C)C)ccc1O. The van der Waals surface area contributed by atoms with Gasteiger partial charge in [0.2, 0.25) is 17.7 Å². The number of alkyl carbamates (subject to hydrolysis) is 1. The van der Waals surface area contributed by atoms with Gasteiger partial charge in [0.05, 0.1) is 6.42 Å². The summed E-state index contributed by atoms with van der Waals surface area (Å²) in [4.78, 5) is 51.5. The van der Waals surface area contributed by atoms with Gasteiger partial charge in [-0.3, -0.25) is 14.4 Å². The number of carbonyl (C=O) groups excluding carboxylic acids is 4. The van der Waals surface area contributed by atoms with Crippen molar-refractivity contribution in [3.05, 3.63) is 29.3 Å². The van der Waals surface area contributed by atoms with Gasteiger partial charge in [0.1, 0.15) is 23.4 Å². The molecule has 1 aromatic rings. The molecule has 2 unspecified atom stereocenters. The zero-order chi connectivity index (χ0) is 25.7. The van der Waals surface area contributed by atoms with Crippen LogP contribution in [0.2, 0.25) is 0 Å². The highest BCUT2D eigenvalue weighted by Crippen LogP contribution is 2.27. The van der Waals surface area contributed by atoms with Crippen LogP contribution >= 0.6 is 0 Å². The second kappa shape index (κ2) is 10.5. The van der Waals surface area contributed by atoms with Crippen LogP contribution in [0.15, 0.2) is 18.2 Å². The molecule has 0 saturated carbocycles. The van der Waals surface area contributed by atoms with Crippen LogP contribution in [0.5, 0.6) is 5.75 Å². The van der Waals surface area contributed by atoms with Crippen LogP contribution < -0.4 is 16.4 Å². The fraction of sp³-hybridized carbons (Fsp3) is 0.565. The topological polar surface area (TPSA) is 151 Å². The lowest BCUT2D eigenvalue weighted by Crippen LogP contribution is -2.54. The molecule has 0 aliphatic rings. The van der Waals surface area contributed by atoms with E-state index in [-0.39, 0.29) is 5.75 Å². The first kappa shape index (κ1) is 27.7. The number of phenolic OH excluding ortho intramolecular Hbond substituents is 1. The van der Waals surface area contributed by atoms with Gasteiger partial charge in [0.15, 0.2) is 0 Å². The highest BCUT2D eigenvalue weighted by molar-refractivity contribution is 5.94. The smallest absolute Gasteiger partial charge is 0.408 e. The number of rotatable bonds is 7. The van der Waals surface area contributed by atoms with Crippen LogP contribution in [0, 0.1) is 6.92 Å². The molecule has 5 N–H and O–H groups in total. The maximum Gasteiger partial charge on any atom is 0.408 e. The minimum Gasteiger partial charge on any atom is -0.508 e. The first-order valence-electron chi connectivity index (χ1n) is 10.6. The zero-order valence-electron chi connectivity index (χ0n) is 20.6. The van der Waals surface area contributed by atoms with Crippen molar-refractivity contribution in [3.63, 3.8) is 0 Å². The molecule has 33 heavy (non-hydrogen) atoms. The van der Waals surface area contributed by atoms with E-state index in [1.165, 1.54) is 19.2 Å². The van der Waals surface area contributed by atoms with Gasteiger partial charge in [0, 0.05) is 12.6 Å². The van der Waals surface area contributed by atoms with Crippen molar-refractivity contribution < 1.29 is 29.0 Å². The Morgan fingerprint density at radius 1 is 1.12 bits per heavy atom. The number of nitrogens with two attached hydrogens (primary N) is 1. The van der Waals surface area contributed by atoms with E-state index in [1.807, 2.05) is 0 Å². The Bertz CT molecular complexity index is 901. The van der Waals surface area contributed by atoms with E-state index < -0.39 is 53.5 Å². The average Bonchev–Trinajstić information content (AvgIpc) is 2.60. The molecule has 1 rings (SSSR count). The number of aryl methyl sites for hydroxylation is 1. The number of nitrogens with one attached hydrogen (secondary N) is 2. The van der Waals surface area contributed by atoms with E-state index in [4.69, 9.17) is 10.5 Å². The van der Waals surface area contributed by atoms with Gasteiger partial charge in [0.25, 0.3) is 0 Å². The van der Waals surface area contributed by atoms with Crippen molar-refractivity contribution >= 4 is 23.8 Å². The van der Waals surface area contributed by atoms with E-state index >= 15 is 0 Å². The second-order valence-corrected chi connectivity index (χ2v) is 10.0. The minimum absolute atomic E-state index is 0.0425. The van der Waals surface area contributed by atoms with Gasteiger partial charge in [-0.2, -0.15) is 0 Å². The number of aromatic hydroxyl groups is 1. The fourth-order valence-corrected chi connectivity index (χ4v) is 3.06. The summed E-state index contributed by atoms with van der Waals surface area (Å²) in [6, 6.07) is 2.11. The van der Waals surface area contributed by atoms with Gasteiger partial charge in [-0.1, -0.05) is 6.07 Å². The summed E-state index contributed by atoms with van der Waals surface area (Å²) in [5, 5.41) is 15.1. The maximum absolute atomic E-state index is 13.3. The number of primary amides is 1. The van der Waals surface area contributed by atoms with Crippen LogP contribution in [-0.2, 0) is 19.1 Å². The molecule has 0 bridgehead atoms.